The number of rotatable bonds is 16. The molecular weight excluding hydrogens is 332 g/mol. The van der Waals surface area contributed by atoms with Gasteiger partial charge in [-0.15, -0.1) is 0 Å². The van der Waals surface area contributed by atoms with Crippen LogP contribution in [-0.2, 0) is 0 Å². The summed E-state index contributed by atoms with van der Waals surface area (Å²) in [5, 5.41) is 0. The lowest BCUT2D eigenvalue weighted by Crippen LogP contribution is -2.06. The topological polar surface area (TPSA) is 69.1 Å². The van der Waals surface area contributed by atoms with Gasteiger partial charge in [-0.2, -0.15) is 0 Å². The zero-order chi connectivity index (χ0) is 19.7. The summed E-state index contributed by atoms with van der Waals surface area (Å²) < 4.78 is 0. The van der Waals surface area contributed by atoms with Gasteiger partial charge >= 0.3 is 0 Å². The van der Waals surface area contributed by atoms with E-state index in [1.165, 1.54) is 70.6 Å². The Balaban J connectivity index is 1.95. The highest BCUT2D eigenvalue weighted by Gasteiger charge is 2.10. The number of hydrogen-bond acceptors (Lipinski definition) is 3. The first-order valence-corrected chi connectivity index (χ1v) is 11.0. The van der Waals surface area contributed by atoms with Crippen LogP contribution in [0.4, 0.5) is 11.4 Å². The SMILES string of the molecule is CCCCCCCC/C=C\CCCCCCCC(=O)c1cccc(N)c1N. The van der Waals surface area contributed by atoms with Crippen molar-refractivity contribution < 1.29 is 4.79 Å². The van der Waals surface area contributed by atoms with Gasteiger partial charge in [0.05, 0.1) is 11.4 Å². The van der Waals surface area contributed by atoms with Gasteiger partial charge in [-0.3, -0.25) is 4.79 Å². The highest BCUT2D eigenvalue weighted by Crippen LogP contribution is 2.21. The number of unbranched alkanes of at least 4 members (excludes halogenated alkanes) is 11. The van der Waals surface area contributed by atoms with Crippen LogP contribution in [0.3, 0.4) is 0 Å². The molecule has 0 heterocycles. The standard InChI is InChI=1S/C24H40N2O/c1-2-3-4-5-6-7-8-9-10-11-12-13-14-15-16-20-23(27)21-18-17-19-22(25)24(21)26/h9-10,17-19H,2-8,11-16,20,25-26H2,1H3/b10-9-. The van der Waals surface area contributed by atoms with Gasteiger partial charge in [0.25, 0.3) is 0 Å². The fraction of sp³-hybridized carbons (Fsp3) is 0.625. The van der Waals surface area contributed by atoms with Gasteiger partial charge in [-0.05, 0) is 44.2 Å². The van der Waals surface area contributed by atoms with Crippen LogP contribution < -0.4 is 11.5 Å². The molecule has 1 aromatic rings. The Bertz CT molecular complexity index is 551. The lowest BCUT2D eigenvalue weighted by atomic mass is 10.0. The predicted molar refractivity (Wildman–Crippen MR) is 119 cm³/mol. The van der Waals surface area contributed by atoms with Gasteiger partial charge in [0.15, 0.2) is 5.78 Å². The monoisotopic (exact) mass is 372 g/mol. The highest BCUT2D eigenvalue weighted by atomic mass is 16.1. The normalized spacial score (nSPS) is 11.3. The maximum absolute atomic E-state index is 12.2. The summed E-state index contributed by atoms with van der Waals surface area (Å²) in [4.78, 5) is 12.2. The summed E-state index contributed by atoms with van der Waals surface area (Å²) in [6, 6.07) is 5.29. The van der Waals surface area contributed by atoms with E-state index >= 15 is 0 Å². The van der Waals surface area contributed by atoms with E-state index in [-0.39, 0.29) is 5.78 Å². The van der Waals surface area contributed by atoms with Crippen molar-refractivity contribution in [1.82, 2.24) is 0 Å². The minimum Gasteiger partial charge on any atom is -0.397 e. The van der Waals surface area contributed by atoms with Gasteiger partial charge in [0.1, 0.15) is 0 Å². The molecule has 1 rings (SSSR count). The average molecular weight is 373 g/mol. The molecule has 0 saturated heterocycles. The average Bonchev–Trinajstić information content (AvgIpc) is 2.67. The molecule has 0 spiro atoms. The summed E-state index contributed by atoms with van der Waals surface area (Å²) in [7, 11) is 0. The number of allylic oxidation sites excluding steroid dienone is 2. The van der Waals surface area contributed by atoms with Gasteiger partial charge in [-0.25, -0.2) is 0 Å². The molecule has 0 aliphatic rings. The van der Waals surface area contributed by atoms with Crippen LogP contribution >= 0.6 is 0 Å². The van der Waals surface area contributed by atoms with Crippen LogP contribution in [0.1, 0.15) is 107 Å². The first kappa shape index (κ1) is 23.3. The molecule has 0 radical (unpaired) electrons. The molecule has 0 aliphatic carbocycles. The number of hydrogen-bond donors (Lipinski definition) is 2. The number of benzene rings is 1. The summed E-state index contributed by atoms with van der Waals surface area (Å²) in [5.74, 6) is 0.109. The first-order chi connectivity index (χ1) is 13.2. The van der Waals surface area contributed by atoms with Crippen LogP contribution in [0.15, 0.2) is 30.4 Å². The van der Waals surface area contributed by atoms with E-state index in [2.05, 4.69) is 19.1 Å². The second-order valence-corrected chi connectivity index (χ2v) is 7.57. The number of carbonyl (C=O) groups is 1. The first-order valence-electron chi connectivity index (χ1n) is 11.0. The van der Waals surface area contributed by atoms with E-state index in [4.69, 9.17) is 11.5 Å². The zero-order valence-electron chi connectivity index (χ0n) is 17.3. The Morgan fingerprint density at radius 3 is 2.00 bits per heavy atom. The lowest BCUT2D eigenvalue weighted by Gasteiger charge is -2.07. The van der Waals surface area contributed by atoms with Gasteiger partial charge < -0.3 is 11.5 Å². The molecule has 0 amide bonds. The second-order valence-electron chi connectivity index (χ2n) is 7.57. The number of nitrogen functional groups attached to an aromatic ring is 2. The number of anilines is 2. The van der Waals surface area contributed by atoms with E-state index in [0.29, 0.717) is 23.4 Å². The van der Waals surface area contributed by atoms with Crippen molar-refractivity contribution >= 4 is 17.2 Å². The summed E-state index contributed by atoms with van der Waals surface area (Å²) in [6.07, 6.45) is 21.7. The predicted octanol–water partition coefficient (Wildman–Crippen LogP) is 7.07. The van der Waals surface area contributed by atoms with Crippen molar-refractivity contribution in [1.29, 1.82) is 0 Å². The Hall–Kier alpha value is -1.77. The molecule has 0 aromatic heterocycles. The third-order valence-corrected chi connectivity index (χ3v) is 5.11. The van der Waals surface area contributed by atoms with E-state index in [9.17, 15) is 4.79 Å². The smallest absolute Gasteiger partial charge is 0.165 e. The maximum Gasteiger partial charge on any atom is 0.165 e. The number of Topliss-reactive ketones (excluding diaryl/α,β-unsaturated/α-hetero) is 1. The summed E-state index contributed by atoms with van der Waals surface area (Å²) >= 11 is 0. The fourth-order valence-corrected chi connectivity index (χ4v) is 3.32. The minimum absolute atomic E-state index is 0.109. The Morgan fingerprint density at radius 1 is 0.815 bits per heavy atom. The molecule has 27 heavy (non-hydrogen) atoms. The van der Waals surface area contributed by atoms with Gasteiger partial charge in [0.2, 0.25) is 0 Å². The van der Waals surface area contributed by atoms with E-state index in [0.717, 1.165) is 12.8 Å². The second kappa shape index (κ2) is 15.3. The molecule has 0 atom stereocenters. The molecule has 152 valence electrons. The van der Waals surface area contributed by atoms with Crippen molar-refractivity contribution in [3.8, 4) is 0 Å². The van der Waals surface area contributed by atoms with Crippen LogP contribution in [0.2, 0.25) is 0 Å². The van der Waals surface area contributed by atoms with Crippen molar-refractivity contribution in [3.05, 3.63) is 35.9 Å². The zero-order valence-corrected chi connectivity index (χ0v) is 17.3. The third-order valence-electron chi connectivity index (χ3n) is 5.11. The number of ketones is 1. The lowest BCUT2D eigenvalue weighted by molar-refractivity contribution is 0.0980. The quantitative estimate of drug-likeness (QED) is 0.141. The Labute approximate surface area is 166 Å². The van der Waals surface area contributed by atoms with E-state index in [1.807, 2.05) is 0 Å². The van der Waals surface area contributed by atoms with Crippen LogP contribution in [-0.4, -0.2) is 5.78 Å². The molecule has 3 nitrogen and oxygen atoms in total. The third kappa shape index (κ3) is 10.8. The van der Waals surface area contributed by atoms with Crippen molar-refractivity contribution in [2.24, 2.45) is 0 Å². The fourth-order valence-electron chi connectivity index (χ4n) is 3.32. The molecule has 0 bridgehead atoms. The van der Waals surface area contributed by atoms with Crippen molar-refractivity contribution in [2.45, 2.75) is 96.8 Å². The Morgan fingerprint density at radius 2 is 1.37 bits per heavy atom. The van der Waals surface area contributed by atoms with Gasteiger partial charge in [-0.1, -0.05) is 76.5 Å². The molecule has 3 heteroatoms. The minimum atomic E-state index is 0.109. The van der Waals surface area contributed by atoms with E-state index in [1.54, 1.807) is 18.2 Å². The van der Waals surface area contributed by atoms with Crippen LogP contribution in [0, 0.1) is 0 Å². The number of para-hydroxylation sites is 1. The maximum atomic E-state index is 12.2. The molecule has 0 aliphatic heterocycles. The number of nitrogens with two attached hydrogens (primary N) is 2. The van der Waals surface area contributed by atoms with Gasteiger partial charge in [0, 0.05) is 12.0 Å². The molecule has 4 N–H and O–H groups in total. The highest BCUT2D eigenvalue weighted by molar-refractivity contribution is 6.02. The molecule has 0 saturated carbocycles. The van der Waals surface area contributed by atoms with Crippen molar-refractivity contribution in [2.75, 3.05) is 11.5 Å². The summed E-state index contributed by atoms with van der Waals surface area (Å²) in [5.41, 5.74) is 13.1. The molecule has 0 fully saturated rings. The largest absolute Gasteiger partial charge is 0.397 e. The molecule has 1 aromatic carbocycles. The van der Waals surface area contributed by atoms with Crippen LogP contribution in [0.5, 0.6) is 0 Å². The Kier molecular flexibility index (Phi) is 13.2. The van der Waals surface area contributed by atoms with E-state index < -0.39 is 0 Å². The molecule has 0 unspecified atom stereocenters. The molecular formula is C24H40N2O. The number of carbonyl (C=O) groups excluding carboxylic acids is 1. The van der Waals surface area contributed by atoms with Crippen molar-refractivity contribution in [3.63, 3.8) is 0 Å². The summed E-state index contributed by atoms with van der Waals surface area (Å²) in [6.45, 7) is 2.26. The van der Waals surface area contributed by atoms with Crippen LogP contribution in [0.25, 0.3) is 0 Å².